The number of aliphatic carboxylic acids is 1. The van der Waals surface area contributed by atoms with E-state index in [0.717, 1.165) is 10.7 Å². The number of carboxylic acids is 1. The van der Waals surface area contributed by atoms with Crippen molar-refractivity contribution < 1.29 is 19.0 Å². The quantitative estimate of drug-likeness (QED) is 0.686. The molecule has 0 radical (unpaired) electrons. The Morgan fingerprint density at radius 3 is 2.84 bits per heavy atom. The summed E-state index contributed by atoms with van der Waals surface area (Å²) < 4.78 is 19.5. The Kier molecular flexibility index (Phi) is 5.91. The molecule has 1 aliphatic rings. The van der Waals surface area contributed by atoms with E-state index in [1.54, 1.807) is 23.9 Å². The fourth-order valence-electron chi connectivity index (χ4n) is 2.48. The summed E-state index contributed by atoms with van der Waals surface area (Å²) in [6, 6.07) is 10.6. The molecule has 0 bridgehead atoms. The van der Waals surface area contributed by atoms with Crippen molar-refractivity contribution >= 4 is 17.7 Å². The van der Waals surface area contributed by atoms with E-state index < -0.39 is 11.8 Å². The van der Waals surface area contributed by atoms with E-state index in [1.807, 2.05) is 18.2 Å². The molecule has 0 aliphatic heterocycles. The maximum atomic E-state index is 14.2. The largest absolute Gasteiger partial charge is 0.491 e. The summed E-state index contributed by atoms with van der Waals surface area (Å²) in [5, 5.41) is 10.2. The molecule has 0 spiro atoms. The molecule has 3 rings (SSSR count). The van der Waals surface area contributed by atoms with Crippen LogP contribution in [0.5, 0.6) is 5.75 Å². The first kappa shape index (κ1) is 17.7. The first-order valence-electron chi connectivity index (χ1n) is 8.40. The second-order valence-corrected chi connectivity index (χ2v) is 7.34. The van der Waals surface area contributed by atoms with Gasteiger partial charge in [-0.25, -0.2) is 9.37 Å². The monoisotopic (exact) mass is 361 g/mol. The molecule has 1 aromatic heterocycles. The van der Waals surface area contributed by atoms with Crippen LogP contribution in [0.1, 0.15) is 32.1 Å². The number of carbonyl (C=O) groups is 1. The molecular formula is C19H20FNO3S. The second-order valence-electron chi connectivity index (χ2n) is 6.02. The number of hydrogen-bond acceptors (Lipinski definition) is 4. The van der Waals surface area contributed by atoms with Crippen LogP contribution in [-0.2, 0) is 4.79 Å². The number of pyridine rings is 1. The lowest BCUT2D eigenvalue weighted by Gasteiger charge is -2.24. The molecule has 132 valence electrons. The van der Waals surface area contributed by atoms with Crippen molar-refractivity contribution in [3.05, 3.63) is 42.2 Å². The van der Waals surface area contributed by atoms with Gasteiger partial charge in [-0.15, -0.1) is 11.8 Å². The molecule has 0 unspecified atom stereocenters. The Bertz CT molecular complexity index is 749. The number of hydrogen-bond donors (Lipinski definition) is 1. The number of aromatic nitrogens is 1. The molecular weight excluding hydrogens is 341 g/mol. The normalized spacial score (nSPS) is 14.1. The third-order valence-electron chi connectivity index (χ3n) is 4.08. The average molecular weight is 361 g/mol. The fraction of sp³-hybridized carbons (Fsp3) is 0.368. The number of nitrogens with zero attached hydrogens (tertiary/aromatic N) is 1. The Hall–Kier alpha value is -2.08. The topological polar surface area (TPSA) is 59.4 Å². The van der Waals surface area contributed by atoms with E-state index in [-0.39, 0.29) is 18.8 Å². The van der Waals surface area contributed by atoms with Crippen molar-refractivity contribution in [3.63, 3.8) is 0 Å². The third kappa shape index (κ3) is 4.95. The van der Waals surface area contributed by atoms with Crippen LogP contribution in [0, 0.1) is 5.82 Å². The summed E-state index contributed by atoms with van der Waals surface area (Å²) in [6.07, 6.45) is 4.11. The van der Waals surface area contributed by atoms with E-state index in [9.17, 15) is 9.18 Å². The molecule has 1 aliphatic carbocycles. The van der Waals surface area contributed by atoms with E-state index in [0.29, 0.717) is 17.2 Å². The van der Waals surface area contributed by atoms with Gasteiger partial charge < -0.3 is 9.84 Å². The number of carboxylic acid groups (broad SMARTS) is 1. The number of thioether (sulfide) groups is 1. The van der Waals surface area contributed by atoms with Gasteiger partial charge in [-0.1, -0.05) is 12.5 Å². The van der Waals surface area contributed by atoms with Gasteiger partial charge in [0.1, 0.15) is 0 Å². The first-order valence-corrected chi connectivity index (χ1v) is 9.28. The minimum atomic E-state index is -0.884. The molecule has 1 saturated carbocycles. The van der Waals surface area contributed by atoms with Gasteiger partial charge in [0.2, 0.25) is 0 Å². The van der Waals surface area contributed by atoms with Gasteiger partial charge >= 0.3 is 5.97 Å². The van der Waals surface area contributed by atoms with Crippen molar-refractivity contribution in [2.24, 2.45) is 0 Å². The number of ether oxygens (including phenoxy) is 1. The molecule has 25 heavy (non-hydrogen) atoms. The molecule has 1 N–H and O–H groups in total. The lowest BCUT2D eigenvalue weighted by atomic mass is 10.0. The Morgan fingerprint density at radius 2 is 2.16 bits per heavy atom. The predicted octanol–water partition coefficient (Wildman–Crippen LogP) is 4.78. The van der Waals surface area contributed by atoms with E-state index in [4.69, 9.17) is 9.84 Å². The van der Waals surface area contributed by atoms with Crippen LogP contribution < -0.4 is 4.74 Å². The highest BCUT2D eigenvalue weighted by Crippen LogP contribution is 2.36. The van der Waals surface area contributed by atoms with E-state index >= 15 is 0 Å². The van der Waals surface area contributed by atoms with Gasteiger partial charge in [0, 0.05) is 17.2 Å². The lowest BCUT2D eigenvalue weighted by molar-refractivity contribution is -0.137. The first-order chi connectivity index (χ1) is 12.1. The molecule has 2 aromatic rings. The smallest absolute Gasteiger partial charge is 0.303 e. The standard InChI is InChI=1S/C19H20FNO3S/c20-15-12-13(9-10-17(15)24-11-3-8-19(22)23)16-6-2-7-18(21-16)25-14-4-1-5-14/h2,6-7,9-10,12,14H,1,3-5,8,11H2,(H,22,23). The van der Waals surface area contributed by atoms with Crippen molar-refractivity contribution in [1.82, 2.24) is 4.98 Å². The Balaban J connectivity index is 1.65. The summed E-state index contributed by atoms with van der Waals surface area (Å²) in [5.41, 5.74) is 1.44. The molecule has 6 heteroatoms. The summed E-state index contributed by atoms with van der Waals surface area (Å²) in [5.74, 6) is -1.22. The minimum absolute atomic E-state index is 0.00900. The van der Waals surface area contributed by atoms with Gasteiger partial charge in [0.25, 0.3) is 0 Å². The highest BCUT2D eigenvalue weighted by molar-refractivity contribution is 7.99. The molecule has 4 nitrogen and oxygen atoms in total. The number of benzene rings is 1. The van der Waals surface area contributed by atoms with Crippen LogP contribution in [0.2, 0.25) is 0 Å². The van der Waals surface area contributed by atoms with Gasteiger partial charge in [-0.2, -0.15) is 0 Å². The fourth-order valence-corrected chi connectivity index (χ4v) is 3.70. The lowest BCUT2D eigenvalue weighted by Crippen LogP contribution is -2.12. The summed E-state index contributed by atoms with van der Waals surface area (Å²) >= 11 is 1.78. The van der Waals surface area contributed by atoms with Gasteiger partial charge in [-0.3, -0.25) is 4.79 Å². The van der Waals surface area contributed by atoms with Gasteiger partial charge in [0.15, 0.2) is 11.6 Å². The average Bonchev–Trinajstić information content (AvgIpc) is 2.56. The van der Waals surface area contributed by atoms with Crippen LogP contribution in [-0.4, -0.2) is 27.9 Å². The predicted molar refractivity (Wildman–Crippen MR) is 95.5 cm³/mol. The van der Waals surface area contributed by atoms with Crippen LogP contribution >= 0.6 is 11.8 Å². The molecule has 0 atom stereocenters. The second kappa shape index (κ2) is 8.34. The maximum absolute atomic E-state index is 14.2. The summed E-state index contributed by atoms with van der Waals surface area (Å²) in [6.45, 7) is 0.175. The number of rotatable bonds is 8. The highest BCUT2D eigenvalue weighted by atomic mass is 32.2. The van der Waals surface area contributed by atoms with Crippen molar-refractivity contribution in [3.8, 4) is 17.0 Å². The van der Waals surface area contributed by atoms with Crippen LogP contribution in [0.25, 0.3) is 11.3 Å². The summed E-state index contributed by atoms with van der Waals surface area (Å²) in [7, 11) is 0. The van der Waals surface area contributed by atoms with Crippen molar-refractivity contribution in [2.75, 3.05) is 6.61 Å². The van der Waals surface area contributed by atoms with Crippen LogP contribution in [0.3, 0.4) is 0 Å². The van der Waals surface area contributed by atoms with Gasteiger partial charge in [0.05, 0.1) is 17.3 Å². The highest BCUT2D eigenvalue weighted by Gasteiger charge is 2.19. The Labute approximate surface area is 150 Å². The van der Waals surface area contributed by atoms with Crippen LogP contribution in [0.4, 0.5) is 4.39 Å². The SMILES string of the molecule is O=C(O)CCCOc1ccc(-c2cccc(SC3CCC3)n2)cc1F. The van der Waals surface area contributed by atoms with Crippen LogP contribution in [0.15, 0.2) is 41.4 Å². The summed E-state index contributed by atoms with van der Waals surface area (Å²) in [4.78, 5) is 15.1. The minimum Gasteiger partial charge on any atom is -0.491 e. The van der Waals surface area contributed by atoms with Crippen molar-refractivity contribution in [2.45, 2.75) is 42.4 Å². The van der Waals surface area contributed by atoms with Crippen molar-refractivity contribution in [1.29, 1.82) is 0 Å². The Morgan fingerprint density at radius 1 is 1.32 bits per heavy atom. The van der Waals surface area contributed by atoms with Gasteiger partial charge in [-0.05, 0) is 49.6 Å². The molecule has 1 fully saturated rings. The third-order valence-corrected chi connectivity index (χ3v) is 5.36. The molecule has 1 aromatic carbocycles. The zero-order valence-corrected chi connectivity index (χ0v) is 14.6. The molecule has 0 saturated heterocycles. The zero-order chi connectivity index (χ0) is 17.6. The molecule has 0 amide bonds. The number of halogens is 1. The zero-order valence-electron chi connectivity index (χ0n) is 13.8. The van der Waals surface area contributed by atoms with E-state index in [1.165, 1.54) is 25.3 Å². The maximum Gasteiger partial charge on any atom is 0.303 e. The molecule has 1 heterocycles. The van der Waals surface area contributed by atoms with E-state index in [2.05, 4.69) is 4.98 Å².